The zero-order chi connectivity index (χ0) is 14.8. The smallest absolute Gasteiger partial charge is 0.225 e. The van der Waals surface area contributed by atoms with Crippen LogP contribution in [0, 0.1) is 5.41 Å². The maximum absolute atomic E-state index is 11.7. The van der Waals surface area contributed by atoms with E-state index in [2.05, 4.69) is 5.32 Å². The first-order valence-corrected chi connectivity index (χ1v) is 7.41. The van der Waals surface area contributed by atoms with Gasteiger partial charge in [0.1, 0.15) is 17.6 Å². The van der Waals surface area contributed by atoms with E-state index in [1.807, 2.05) is 43.7 Å². The van der Waals surface area contributed by atoms with Gasteiger partial charge in [-0.15, -0.1) is 0 Å². The first-order valence-electron chi connectivity index (χ1n) is 6.46. The summed E-state index contributed by atoms with van der Waals surface area (Å²) in [5, 5.41) is 16.7. The molecule has 0 radical (unpaired) electrons. The van der Waals surface area contributed by atoms with Crippen LogP contribution < -0.4 is 5.32 Å². The molecule has 2 aromatic heterocycles. The molecule has 0 aliphatic carbocycles. The Kier molecular flexibility index (Phi) is 4.30. The van der Waals surface area contributed by atoms with Gasteiger partial charge in [0.2, 0.25) is 5.91 Å². The summed E-state index contributed by atoms with van der Waals surface area (Å²) in [5.74, 6) is 1.09. The molecule has 0 saturated carbocycles. The highest BCUT2D eigenvalue weighted by molar-refractivity contribution is 7.08. The number of aliphatic hydroxyl groups is 1. The van der Waals surface area contributed by atoms with E-state index < -0.39 is 11.5 Å². The molecule has 0 saturated heterocycles. The fourth-order valence-corrected chi connectivity index (χ4v) is 2.29. The summed E-state index contributed by atoms with van der Waals surface area (Å²) in [6, 6.07) is 5.52. The maximum atomic E-state index is 11.7. The average molecular weight is 293 g/mol. The van der Waals surface area contributed by atoms with E-state index in [0.29, 0.717) is 5.76 Å². The van der Waals surface area contributed by atoms with Crippen molar-refractivity contribution in [3.05, 3.63) is 34.7 Å². The first kappa shape index (κ1) is 14.8. The van der Waals surface area contributed by atoms with Crippen LogP contribution in [-0.2, 0) is 4.79 Å². The standard InChI is InChI=1S/C15H19NO3S/c1-15(2,3)14(18)16-8-11(17)13-5-4-12(19-13)10-6-7-20-9-10/h4-7,9,11,17H,8H2,1-3H3,(H,16,18)/t11-/m1/s1. The molecule has 20 heavy (non-hydrogen) atoms. The van der Waals surface area contributed by atoms with Gasteiger partial charge in [-0.2, -0.15) is 11.3 Å². The van der Waals surface area contributed by atoms with E-state index in [1.165, 1.54) is 0 Å². The molecule has 1 atom stereocenters. The average Bonchev–Trinajstić information content (AvgIpc) is 3.03. The van der Waals surface area contributed by atoms with Crippen molar-refractivity contribution in [1.29, 1.82) is 0 Å². The molecule has 1 amide bonds. The van der Waals surface area contributed by atoms with Gasteiger partial charge < -0.3 is 14.8 Å². The molecule has 2 rings (SSSR count). The Morgan fingerprint density at radius 3 is 2.75 bits per heavy atom. The van der Waals surface area contributed by atoms with Gasteiger partial charge in [-0.3, -0.25) is 4.79 Å². The van der Waals surface area contributed by atoms with Gasteiger partial charge >= 0.3 is 0 Å². The molecule has 108 valence electrons. The van der Waals surface area contributed by atoms with Crippen molar-refractivity contribution < 1.29 is 14.3 Å². The molecule has 2 heterocycles. The van der Waals surface area contributed by atoms with Crippen LogP contribution in [0.4, 0.5) is 0 Å². The van der Waals surface area contributed by atoms with Gasteiger partial charge in [0, 0.05) is 16.4 Å². The summed E-state index contributed by atoms with van der Waals surface area (Å²) in [7, 11) is 0. The highest BCUT2D eigenvalue weighted by Gasteiger charge is 2.22. The van der Waals surface area contributed by atoms with Gasteiger partial charge in [-0.1, -0.05) is 20.8 Å². The molecule has 4 nitrogen and oxygen atoms in total. The second-order valence-electron chi connectivity index (χ2n) is 5.69. The Bertz CT molecular complexity index is 566. The molecular weight excluding hydrogens is 274 g/mol. The van der Waals surface area contributed by atoms with Crippen LogP contribution in [-0.4, -0.2) is 17.6 Å². The third-order valence-electron chi connectivity index (χ3n) is 2.90. The minimum absolute atomic E-state index is 0.0961. The van der Waals surface area contributed by atoms with Crippen molar-refractivity contribution in [2.24, 2.45) is 5.41 Å². The van der Waals surface area contributed by atoms with Crippen molar-refractivity contribution >= 4 is 17.2 Å². The number of hydrogen-bond acceptors (Lipinski definition) is 4. The van der Waals surface area contributed by atoms with E-state index in [4.69, 9.17) is 4.42 Å². The minimum atomic E-state index is -0.839. The molecule has 0 unspecified atom stereocenters. The third-order valence-corrected chi connectivity index (χ3v) is 3.58. The summed E-state index contributed by atoms with van der Waals surface area (Å²) in [4.78, 5) is 11.7. The van der Waals surface area contributed by atoms with E-state index in [-0.39, 0.29) is 12.5 Å². The van der Waals surface area contributed by atoms with Crippen LogP contribution in [0.25, 0.3) is 11.3 Å². The van der Waals surface area contributed by atoms with E-state index in [1.54, 1.807) is 17.4 Å². The van der Waals surface area contributed by atoms with Gasteiger partial charge in [0.25, 0.3) is 0 Å². The summed E-state index contributed by atoms with van der Waals surface area (Å²) in [6.45, 7) is 5.63. The van der Waals surface area contributed by atoms with Gasteiger partial charge in [0.05, 0.1) is 6.54 Å². The predicted octanol–water partition coefficient (Wildman–Crippen LogP) is 3.20. The zero-order valence-corrected chi connectivity index (χ0v) is 12.7. The normalized spacial score (nSPS) is 13.2. The van der Waals surface area contributed by atoms with Crippen LogP contribution in [0.5, 0.6) is 0 Å². The fourth-order valence-electron chi connectivity index (χ4n) is 1.65. The maximum Gasteiger partial charge on any atom is 0.225 e. The van der Waals surface area contributed by atoms with Crippen molar-refractivity contribution in [2.45, 2.75) is 26.9 Å². The number of carbonyl (C=O) groups excluding carboxylic acids is 1. The van der Waals surface area contributed by atoms with E-state index >= 15 is 0 Å². The highest BCUT2D eigenvalue weighted by Crippen LogP contribution is 2.27. The summed E-state index contributed by atoms with van der Waals surface area (Å²) in [6.07, 6.45) is -0.839. The SMILES string of the molecule is CC(C)(C)C(=O)NC[C@@H](O)c1ccc(-c2ccsc2)o1. The Hall–Kier alpha value is -1.59. The van der Waals surface area contributed by atoms with Gasteiger partial charge in [-0.25, -0.2) is 0 Å². The first-order chi connectivity index (χ1) is 9.38. The zero-order valence-electron chi connectivity index (χ0n) is 11.8. The van der Waals surface area contributed by atoms with Crippen LogP contribution >= 0.6 is 11.3 Å². The molecule has 0 aromatic carbocycles. The molecule has 2 aromatic rings. The lowest BCUT2D eigenvalue weighted by atomic mass is 9.95. The Morgan fingerprint density at radius 2 is 2.15 bits per heavy atom. The quantitative estimate of drug-likeness (QED) is 0.910. The Labute approximate surface area is 122 Å². The predicted molar refractivity (Wildman–Crippen MR) is 79.4 cm³/mol. The van der Waals surface area contributed by atoms with Crippen molar-refractivity contribution in [2.75, 3.05) is 6.54 Å². The second kappa shape index (κ2) is 5.81. The molecule has 0 aliphatic heterocycles. The molecule has 5 heteroatoms. The number of nitrogens with one attached hydrogen (secondary N) is 1. The molecule has 0 aliphatic rings. The van der Waals surface area contributed by atoms with Crippen LogP contribution in [0.3, 0.4) is 0 Å². The lowest BCUT2D eigenvalue weighted by Gasteiger charge is -2.18. The largest absolute Gasteiger partial charge is 0.458 e. The Balaban J connectivity index is 1.97. The molecule has 0 fully saturated rings. The van der Waals surface area contributed by atoms with Crippen molar-refractivity contribution in [1.82, 2.24) is 5.32 Å². The monoisotopic (exact) mass is 293 g/mol. The Morgan fingerprint density at radius 1 is 1.40 bits per heavy atom. The molecular formula is C15H19NO3S. The van der Waals surface area contributed by atoms with Crippen LogP contribution in [0.15, 0.2) is 33.4 Å². The number of amides is 1. The number of furan rings is 1. The summed E-state index contributed by atoms with van der Waals surface area (Å²) < 4.78 is 5.61. The van der Waals surface area contributed by atoms with Crippen molar-refractivity contribution in [3.63, 3.8) is 0 Å². The van der Waals surface area contributed by atoms with Crippen LogP contribution in [0.1, 0.15) is 32.6 Å². The third kappa shape index (κ3) is 3.49. The van der Waals surface area contributed by atoms with Crippen molar-refractivity contribution in [3.8, 4) is 11.3 Å². The number of thiophene rings is 1. The fraction of sp³-hybridized carbons (Fsp3) is 0.400. The van der Waals surface area contributed by atoms with E-state index in [0.717, 1.165) is 11.3 Å². The van der Waals surface area contributed by atoms with Gasteiger partial charge in [-0.05, 0) is 23.6 Å². The number of hydrogen-bond donors (Lipinski definition) is 2. The summed E-state index contributed by atoms with van der Waals surface area (Å²) in [5.41, 5.74) is 0.525. The van der Waals surface area contributed by atoms with Crippen LogP contribution in [0.2, 0.25) is 0 Å². The second-order valence-corrected chi connectivity index (χ2v) is 6.47. The van der Waals surface area contributed by atoms with Gasteiger partial charge in [0.15, 0.2) is 0 Å². The topological polar surface area (TPSA) is 62.5 Å². The lowest BCUT2D eigenvalue weighted by Crippen LogP contribution is -2.37. The highest BCUT2D eigenvalue weighted by atomic mass is 32.1. The number of aliphatic hydroxyl groups excluding tert-OH is 1. The molecule has 2 N–H and O–H groups in total. The summed E-state index contributed by atoms with van der Waals surface area (Å²) >= 11 is 1.59. The van der Waals surface area contributed by atoms with E-state index in [9.17, 15) is 9.90 Å². The molecule has 0 bridgehead atoms. The molecule has 0 spiro atoms. The lowest BCUT2D eigenvalue weighted by molar-refractivity contribution is -0.129. The number of carbonyl (C=O) groups is 1. The minimum Gasteiger partial charge on any atom is -0.458 e. The number of rotatable bonds is 4.